The van der Waals surface area contributed by atoms with Crippen LogP contribution in [-0.4, -0.2) is 166 Å². The summed E-state index contributed by atoms with van der Waals surface area (Å²) in [6.45, 7) is 4.41. The van der Waals surface area contributed by atoms with Gasteiger partial charge in [-0.05, 0) is 101 Å². The summed E-state index contributed by atoms with van der Waals surface area (Å²) in [5.74, 6) is 3.55. The fourth-order valence-corrected chi connectivity index (χ4v) is 6.61. The van der Waals surface area contributed by atoms with Crippen LogP contribution in [0.25, 0.3) is 34.7 Å². The molecule has 0 spiro atoms. The zero-order valence-electron chi connectivity index (χ0n) is 47.2. The third kappa shape index (κ3) is 28.4. The Morgan fingerprint density at radius 2 is 0.976 bits per heavy atom. The van der Waals surface area contributed by atoms with Gasteiger partial charge >= 0.3 is 0 Å². The fourth-order valence-electron chi connectivity index (χ4n) is 6.61. The zero-order chi connectivity index (χ0) is 61.2. The van der Waals surface area contributed by atoms with E-state index in [0.717, 1.165) is 0 Å². The van der Waals surface area contributed by atoms with Crippen LogP contribution in [0.3, 0.4) is 0 Å². The number of benzene rings is 4. The number of aromatic hydroxyl groups is 2. The molecule has 0 saturated carbocycles. The van der Waals surface area contributed by atoms with Crippen molar-refractivity contribution in [2.75, 3.05) is 108 Å². The Morgan fingerprint density at radius 3 is 1.39 bits per heavy atom. The van der Waals surface area contributed by atoms with Gasteiger partial charge in [-0.15, -0.1) is 11.5 Å². The predicted octanol–water partition coefficient (Wildman–Crippen LogP) is 6.86. The second-order valence-corrected chi connectivity index (χ2v) is 16.8. The van der Waals surface area contributed by atoms with Gasteiger partial charge in [0.05, 0.1) is 120 Å². The lowest BCUT2D eigenvalue weighted by molar-refractivity contribution is -0.123. The van der Waals surface area contributed by atoms with Crippen molar-refractivity contribution in [1.29, 1.82) is 0 Å². The van der Waals surface area contributed by atoms with Gasteiger partial charge in [0.2, 0.25) is 0 Å². The van der Waals surface area contributed by atoms with Crippen LogP contribution >= 0.6 is 0 Å². The summed E-state index contributed by atoms with van der Waals surface area (Å²) in [5.41, 5.74) is 11.2. The summed E-state index contributed by atoms with van der Waals surface area (Å²) in [4.78, 5) is 51.2. The van der Waals surface area contributed by atoms with E-state index in [1.807, 2.05) is 0 Å². The first-order valence-electron chi connectivity index (χ1n) is 25.8. The Morgan fingerprint density at radius 1 is 0.571 bits per heavy atom. The molecular weight excluding hydrogens is 1090 g/mol. The standard InChI is InChI=1S/C30H35N3O9.C24H22O6.C6H13N3O3/c1-38-29-17-22(5-9-27(29)37)3-7-25(35)19-26(36)8-4-23-6-10-28(30(18-23)39-2)42-21-24-20-33(32-31-24)11-13-40-15-16-41-14-12-34;1-4-13-30-22-12-8-18(15-24(22)29-3)6-10-20(26)16-19(25)9-5-17-7-11-21(27)23(14-17)28-2;7-9-8-1-3-11-5-6-12-4-2-10/h3-10,17-18,20,34,37H,11-16,19,21H2,1-2H3;1,5-12,14-15,27H,13,16H2,2-3H3;10H,1-6H2/b7-3-,8-4-;9-5-,10-6-;. The molecule has 0 aliphatic heterocycles. The van der Waals surface area contributed by atoms with E-state index >= 15 is 0 Å². The minimum atomic E-state index is -0.355. The molecule has 0 radical (unpaired) electrons. The Kier molecular flexibility index (Phi) is 34.2. The van der Waals surface area contributed by atoms with Crippen LogP contribution in [0.2, 0.25) is 0 Å². The van der Waals surface area contributed by atoms with Crippen LogP contribution in [0.15, 0.2) is 108 Å². The normalized spacial score (nSPS) is 10.8. The van der Waals surface area contributed by atoms with Crippen molar-refractivity contribution in [3.05, 3.63) is 142 Å². The molecular formula is C60H70N6O18. The van der Waals surface area contributed by atoms with Gasteiger partial charge in [0.15, 0.2) is 69.1 Å². The van der Waals surface area contributed by atoms with Crippen molar-refractivity contribution in [3.8, 4) is 58.3 Å². The molecule has 5 rings (SSSR count). The summed E-state index contributed by atoms with van der Waals surface area (Å²) in [6.07, 6.45) is 18.0. The highest BCUT2D eigenvalue weighted by atomic mass is 16.5. The van der Waals surface area contributed by atoms with Gasteiger partial charge in [-0.3, -0.25) is 19.2 Å². The monoisotopic (exact) mass is 1160 g/mol. The number of carbonyl (C=O) groups excluding carboxylic acids is 4. The number of rotatable bonds is 37. The number of hydrogen-bond acceptors (Lipinski definition) is 21. The van der Waals surface area contributed by atoms with E-state index in [1.165, 1.54) is 64.9 Å². The number of allylic oxidation sites excluding steroid dienone is 4. The molecule has 0 fully saturated rings. The summed E-state index contributed by atoms with van der Waals surface area (Å²) < 4.78 is 54.1. The van der Waals surface area contributed by atoms with Crippen molar-refractivity contribution in [3.63, 3.8) is 0 Å². The van der Waals surface area contributed by atoms with Crippen LogP contribution in [-0.2, 0) is 51.3 Å². The third-order valence-electron chi connectivity index (χ3n) is 10.7. The average Bonchev–Trinajstić information content (AvgIpc) is 3.97. The Bertz CT molecular complexity index is 3050. The van der Waals surface area contributed by atoms with E-state index < -0.39 is 0 Å². The number of azide groups is 1. The Hall–Kier alpha value is -9.31. The lowest BCUT2D eigenvalue weighted by Gasteiger charge is -2.10. The van der Waals surface area contributed by atoms with Crippen molar-refractivity contribution in [1.82, 2.24) is 15.0 Å². The topological polar surface area (TPSA) is 321 Å². The van der Waals surface area contributed by atoms with Gasteiger partial charge in [0, 0.05) is 11.5 Å². The molecule has 0 bridgehead atoms. The van der Waals surface area contributed by atoms with E-state index in [4.69, 9.17) is 69.5 Å². The molecule has 448 valence electrons. The van der Waals surface area contributed by atoms with Crippen LogP contribution in [0, 0.1) is 12.3 Å². The van der Waals surface area contributed by atoms with Gasteiger partial charge < -0.3 is 67.8 Å². The number of ketones is 4. The van der Waals surface area contributed by atoms with Gasteiger partial charge in [0.1, 0.15) is 18.9 Å². The molecule has 0 saturated heterocycles. The molecule has 24 nitrogen and oxygen atoms in total. The maximum atomic E-state index is 12.3. The minimum Gasteiger partial charge on any atom is -0.504 e. The molecule has 84 heavy (non-hydrogen) atoms. The third-order valence-corrected chi connectivity index (χ3v) is 10.7. The maximum Gasteiger partial charge on any atom is 0.163 e. The summed E-state index contributed by atoms with van der Waals surface area (Å²) in [5, 5.41) is 47.7. The number of phenolic OH excluding ortho intramolecular Hbond substituents is 2. The first-order chi connectivity index (χ1) is 40.8. The number of nitrogens with zero attached hydrogens (tertiary/aromatic N) is 6. The Labute approximate surface area is 486 Å². The molecule has 0 aliphatic rings. The smallest absolute Gasteiger partial charge is 0.163 e. The van der Waals surface area contributed by atoms with E-state index in [9.17, 15) is 29.4 Å². The Balaban J connectivity index is 0.000000382. The fraction of sp³-hybridized carbons (Fsp3) is 0.333. The van der Waals surface area contributed by atoms with Crippen molar-refractivity contribution < 1.29 is 87.0 Å². The predicted molar refractivity (Wildman–Crippen MR) is 311 cm³/mol. The number of aliphatic hydroxyl groups is 2. The zero-order valence-corrected chi connectivity index (χ0v) is 47.2. The lowest BCUT2D eigenvalue weighted by atomic mass is 10.1. The molecule has 0 atom stereocenters. The van der Waals surface area contributed by atoms with E-state index in [-0.39, 0.29) is 73.9 Å². The molecule has 4 N–H and O–H groups in total. The molecule has 0 aliphatic carbocycles. The van der Waals surface area contributed by atoms with Crippen molar-refractivity contribution >= 4 is 47.4 Å². The second kappa shape index (κ2) is 41.6. The number of phenols is 2. The SMILES string of the molecule is C#CCOc1ccc(/C=C\C(=O)CC(=O)/C=C\c2ccc(O)c(OC)c2)cc1OC.COc1cc(/C=C\C(=O)CC(=O)/C=C\c2ccc(OCc3cn(CCOCCOCCO)nn3)c(OC)c2)ccc1O.[N-]=[N+]=NCCOCCOCCO. The molecule has 1 heterocycles. The maximum absolute atomic E-state index is 12.3. The van der Waals surface area contributed by atoms with E-state index in [1.54, 1.807) is 95.8 Å². The largest absolute Gasteiger partial charge is 0.504 e. The average molecular weight is 1160 g/mol. The van der Waals surface area contributed by atoms with Crippen molar-refractivity contribution in [2.45, 2.75) is 26.0 Å². The second-order valence-electron chi connectivity index (χ2n) is 16.8. The first kappa shape index (κ1) is 69.0. The van der Waals surface area contributed by atoms with Crippen LogP contribution < -0.4 is 28.4 Å². The quantitative estimate of drug-likeness (QED) is 0.00600. The first-order valence-corrected chi connectivity index (χ1v) is 25.8. The summed E-state index contributed by atoms with van der Waals surface area (Å²) >= 11 is 0. The van der Waals surface area contributed by atoms with E-state index in [2.05, 4.69) is 26.3 Å². The molecule has 4 aromatic carbocycles. The minimum absolute atomic E-state index is 0.00143. The number of methoxy groups -OCH3 is 4. The summed E-state index contributed by atoms with van der Waals surface area (Å²) in [6, 6.07) is 19.7. The number of aliphatic hydroxyl groups excluding tert-OH is 2. The van der Waals surface area contributed by atoms with E-state index in [0.29, 0.717) is 128 Å². The molecule has 0 unspecified atom stereocenters. The van der Waals surface area contributed by atoms with Crippen LogP contribution in [0.4, 0.5) is 0 Å². The lowest BCUT2D eigenvalue weighted by Crippen LogP contribution is -2.11. The van der Waals surface area contributed by atoms with Crippen LogP contribution in [0.1, 0.15) is 40.8 Å². The summed E-state index contributed by atoms with van der Waals surface area (Å²) in [7, 11) is 5.89. The number of ether oxygens (including phenoxy) is 10. The highest BCUT2D eigenvalue weighted by Crippen LogP contribution is 2.31. The van der Waals surface area contributed by atoms with Gasteiger partial charge in [-0.2, -0.15) is 0 Å². The highest BCUT2D eigenvalue weighted by Gasteiger charge is 2.11. The highest BCUT2D eigenvalue weighted by molar-refractivity contribution is 6.11. The number of hydrogen-bond donors (Lipinski definition) is 4. The molecule has 24 heteroatoms. The number of aromatic nitrogens is 3. The van der Waals surface area contributed by atoms with Crippen LogP contribution in [0.5, 0.6) is 46.0 Å². The number of carbonyl (C=O) groups is 4. The molecule has 0 amide bonds. The van der Waals surface area contributed by atoms with Gasteiger partial charge in [-0.1, -0.05) is 64.8 Å². The van der Waals surface area contributed by atoms with Crippen molar-refractivity contribution in [2.24, 2.45) is 5.11 Å². The molecule has 1 aromatic heterocycles. The molecule has 5 aromatic rings. The number of terminal acetylenes is 1. The van der Waals surface area contributed by atoms with Gasteiger partial charge in [0.25, 0.3) is 0 Å². The van der Waals surface area contributed by atoms with Gasteiger partial charge in [-0.25, -0.2) is 4.68 Å².